The number of thiocarbonyl (C=S) groups is 1. The second-order valence-electron chi connectivity index (χ2n) is 5.62. The van der Waals surface area contributed by atoms with E-state index in [0.717, 1.165) is 0 Å². The number of carbonyl (C=O) groups is 2. The summed E-state index contributed by atoms with van der Waals surface area (Å²) in [6, 6.07) is 13.9. The number of rotatable bonds is 6. The molecule has 0 heterocycles. The van der Waals surface area contributed by atoms with Crippen molar-refractivity contribution in [1.29, 1.82) is 0 Å². The Morgan fingerprint density at radius 1 is 0.857 bits per heavy atom. The molecule has 0 aromatic heterocycles. The van der Waals surface area contributed by atoms with Crippen molar-refractivity contribution >= 4 is 34.6 Å². The lowest BCUT2D eigenvalue weighted by molar-refractivity contribution is -0.119. The first kappa shape index (κ1) is 20.9. The van der Waals surface area contributed by atoms with Gasteiger partial charge in [-0.05, 0) is 54.2 Å². The van der Waals surface area contributed by atoms with Crippen molar-refractivity contribution in [2.75, 3.05) is 14.2 Å². The Bertz CT molecular complexity index is 877. The highest BCUT2D eigenvalue weighted by Crippen LogP contribution is 2.23. The number of nitrogens with one attached hydrogen (secondary N) is 3. The first-order chi connectivity index (χ1) is 13.4. The van der Waals surface area contributed by atoms with Crippen LogP contribution in [0.4, 0.5) is 0 Å². The van der Waals surface area contributed by atoms with E-state index in [-0.39, 0.29) is 16.8 Å². The van der Waals surface area contributed by atoms with Crippen molar-refractivity contribution in [2.45, 2.75) is 6.92 Å². The maximum Gasteiger partial charge on any atom is 0.235 e. The quantitative estimate of drug-likeness (QED) is 0.298. The summed E-state index contributed by atoms with van der Waals surface area (Å²) in [6.07, 6.45) is 1.49. The maximum absolute atomic E-state index is 13.1. The summed E-state index contributed by atoms with van der Waals surface area (Å²) in [4.78, 5) is 24.0. The molecule has 0 aliphatic heterocycles. The fraction of sp³-hybridized carbons (Fsp3) is 0.150. The van der Waals surface area contributed by atoms with Crippen LogP contribution in [0.2, 0.25) is 0 Å². The zero-order chi connectivity index (χ0) is 20.5. The predicted molar refractivity (Wildman–Crippen MR) is 111 cm³/mol. The number of ether oxygens (including phenoxy) is 2. The number of hydrogen-bond acceptors (Lipinski definition) is 5. The van der Waals surface area contributed by atoms with Gasteiger partial charge in [0.25, 0.3) is 0 Å². The molecule has 8 heteroatoms. The summed E-state index contributed by atoms with van der Waals surface area (Å²) in [5.74, 6) is 0.835. The Morgan fingerprint density at radius 3 is 1.82 bits per heavy atom. The zero-order valence-corrected chi connectivity index (χ0v) is 16.6. The molecule has 0 saturated carbocycles. The normalized spacial score (nSPS) is 10.6. The Labute approximate surface area is 168 Å². The van der Waals surface area contributed by atoms with Crippen LogP contribution in [0, 0.1) is 0 Å². The van der Waals surface area contributed by atoms with Crippen LogP contribution in [0.25, 0.3) is 5.57 Å². The number of carbonyl (C=O) groups excluding carboxylic acids is 2. The van der Waals surface area contributed by atoms with E-state index < -0.39 is 0 Å². The third-order valence-corrected chi connectivity index (χ3v) is 3.92. The molecule has 0 fully saturated rings. The highest BCUT2D eigenvalue weighted by atomic mass is 32.1. The minimum absolute atomic E-state index is 0.142. The smallest absolute Gasteiger partial charge is 0.235 e. The largest absolute Gasteiger partial charge is 0.497 e. The Balaban J connectivity index is 2.30. The van der Waals surface area contributed by atoms with Crippen molar-refractivity contribution in [3.05, 3.63) is 65.9 Å². The van der Waals surface area contributed by atoms with Gasteiger partial charge in [-0.15, -0.1) is 0 Å². The van der Waals surface area contributed by atoms with E-state index in [9.17, 15) is 9.59 Å². The molecule has 0 bridgehead atoms. The van der Waals surface area contributed by atoms with Crippen LogP contribution in [0.3, 0.4) is 0 Å². The number of hydrogen-bond donors (Lipinski definition) is 3. The number of ketones is 1. The molecule has 3 N–H and O–H groups in total. The van der Waals surface area contributed by atoms with Gasteiger partial charge in [0, 0.05) is 24.3 Å². The van der Waals surface area contributed by atoms with Crippen LogP contribution in [0.15, 0.2) is 54.7 Å². The molecule has 146 valence electrons. The summed E-state index contributed by atoms with van der Waals surface area (Å²) in [7, 11) is 3.13. The Morgan fingerprint density at radius 2 is 1.36 bits per heavy atom. The lowest BCUT2D eigenvalue weighted by atomic mass is 9.97. The van der Waals surface area contributed by atoms with E-state index in [4.69, 9.17) is 21.7 Å². The third-order valence-electron chi connectivity index (χ3n) is 3.70. The molecule has 0 unspecified atom stereocenters. The third kappa shape index (κ3) is 5.82. The number of amides is 1. The number of Topliss-reactive ketones (excluding diaryl/α,β-unsaturated/α-hetero) is 1. The first-order valence-electron chi connectivity index (χ1n) is 8.31. The van der Waals surface area contributed by atoms with Gasteiger partial charge in [0.2, 0.25) is 5.91 Å². The molecule has 1 amide bonds. The van der Waals surface area contributed by atoms with E-state index in [1.807, 2.05) is 0 Å². The van der Waals surface area contributed by atoms with E-state index in [1.165, 1.54) is 13.1 Å². The second kappa shape index (κ2) is 10.1. The molecule has 0 aliphatic rings. The summed E-state index contributed by atoms with van der Waals surface area (Å²) < 4.78 is 10.3. The average molecular weight is 399 g/mol. The van der Waals surface area contributed by atoms with Crippen molar-refractivity contribution in [2.24, 2.45) is 0 Å². The number of benzene rings is 2. The van der Waals surface area contributed by atoms with E-state index >= 15 is 0 Å². The fourth-order valence-corrected chi connectivity index (χ4v) is 2.38. The Hall–Kier alpha value is -3.39. The van der Waals surface area contributed by atoms with Crippen molar-refractivity contribution < 1.29 is 19.1 Å². The van der Waals surface area contributed by atoms with E-state index in [0.29, 0.717) is 28.2 Å². The van der Waals surface area contributed by atoms with Crippen LogP contribution >= 0.6 is 12.2 Å². The van der Waals surface area contributed by atoms with Crippen molar-refractivity contribution in [3.63, 3.8) is 0 Å². The van der Waals surface area contributed by atoms with Gasteiger partial charge in [-0.1, -0.05) is 12.1 Å². The summed E-state index contributed by atoms with van der Waals surface area (Å²) in [5.41, 5.74) is 6.45. The van der Waals surface area contributed by atoms with Crippen LogP contribution < -0.4 is 25.6 Å². The van der Waals surface area contributed by atoms with Gasteiger partial charge in [-0.3, -0.25) is 20.4 Å². The van der Waals surface area contributed by atoms with Crippen LogP contribution in [0.5, 0.6) is 11.5 Å². The van der Waals surface area contributed by atoms with Gasteiger partial charge in [0.05, 0.1) is 14.2 Å². The van der Waals surface area contributed by atoms with E-state index in [2.05, 4.69) is 16.2 Å². The van der Waals surface area contributed by atoms with Gasteiger partial charge < -0.3 is 14.8 Å². The van der Waals surface area contributed by atoms with Gasteiger partial charge in [-0.25, -0.2) is 0 Å². The molecule has 2 aromatic carbocycles. The highest BCUT2D eigenvalue weighted by molar-refractivity contribution is 7.80. The van der Waals surface area contributed by atoms with Crippen LogP contribution in [-0.4, -0.2) is 31.0 Å². The first-order valence-corrected chi connectivity index (χ1v) is 8.72. The highest BCUT2D eigenvalue weighted by Gasteiger charge is 2.15. The average Bonchev–Trinajstić information content (AvgIpc) is 2.72. The summed E-state index contributed by atoms with van der Waals surface area (Å²) in [5, 5.41) is 2.95. The zero-order valence-electron chi connectivity index (χ0n) is 15.7. The molecule has 28 heavy (non-hydrogen) atoms. The van der Waals surface area contributed by atoms with Gasteiger partial charge >= 0.3 is 0 Å². The molecule has 0 radical (unpaired) electrons. The summed E-state index contributed by atoms with van der Waals surface area (Å²) in [6.45, 7) is 1.35. The van der Waals surface area contributed by atoms with Gasteiger partial charge in [0.15, 0.2) is 10.9 Å². The molecule has 0 atom stereocenters. The topological polar surface area (TPSA) is 88.7 Å². The van der Waals surface area contributed by atoms with Crippen LogP contribution in [-0.2, 0) is 4.79 Å². The van der Waals surface area contributed by atoms with Crippen molar-refractivity contribution in [3.8, 4) is 11.5 Å². The second-order valence-corrected chi connectivity index (χ2v) is 6.03. The van der Waals surface area contributed by atoms with Crippen LogP contribution in [0.1, 0.15) is 22.8 Å². The molecule has 0 spiro atoms. The summed E-state index contributed by atoms with van der Waals surface area (Å²) >= 11 is 5.09. The minimum atomic E-state index is -0.294. The fourth-order valence-electron chi connectivity index (χ4n) is 2.27. The van der Waals surface area contributed by atoms with Crippen molar-refractivity contribution in [1.82, 2.24) is 16.2 Å². The molecular weight excluding hydrogens is 378 g/mol. The molecule has 2 rings (SSSR count). The van der Waals surface area contributed by atoms with E-state index in [1.54, 1.807) is 62.8 Å². The monoisotopic (exact) mass is 399 g/mol. The molecule has 2 aromatic rings. The van der Waals surface area contributed by atoms with Gasteiger partial charge in [-0.2, -0.15) is 0 Å². The lowest BCUT2D eigenvalue weighted by Gasteiger charge is -2.11. The molecule has 0 aliphatic carbocycles. The minimum Gasteiger partial charge on any atom is -0.497 e. The number of hydrazine groups is 1. The SMILES string of the molecule is COc1ccc(C(=O)/C(=C/NC(=S)NNC(C)=O)c2ccc(OC)cc2)cc1. The Kier molecular flexibility index (Phi) is 7.53. The molecule has 7 nitrogen and oxygen atoms in total. The standard InChI is InChI=1S/C20H21N3O4S/c1-13(24)22-23-20(28)21-12-18(14-4-8-16(26-2)9-5-14)19(25)15-6-10-17(27-3)11-7-15/h4-12H,1-3H3,(H,22,24)(H2,21,23,28)/b18-12+. The van der Waals surface area contributed by atoms with Gasteiger partial charge in [0.1, 0.15) is 11.5 Å². The number of methoxy groups -OCH3 is 2. The maximum atomic E-state index is 13.1. The molecular formula is C20H21N3O4S. The molecule has 0 saturated heterocycles. The predicted octanol–water partition coefficient (Wildman–Crippen LogP) is 2.44. The number of allylic oxidation sites excluding steroid dienone is 1. The lowest BCUT2D eigenvalue weighted by Crippen LogP contribution is -2.44.